The number of rotatable bonds is 15. The van der Waals surface area contributed by atoms with Crippen molar-refractivity contribution in [3.8, 4) is 28.5 Å². The number of phenols is 2. The first-order valence-corrected chi connectivity index (χ1v) is 26.5. The average molecular weight is 1010 g/mol. The summed E-state index contributed by atoms with van der Waals surface area (Å²) < 4.78 is 21.9. The number of carbonyl (C=O) groups excluding carboxylic acids is 2. The van der Waals surface area contributed by atoms with Crippen LogP contribution in [0.1, 0.15) is 78.1 Å². The number of anilines is 2. The number of benzene rings is 3. The molecule has 392 valence electrons. The molecular formula is C56H71N11O7. The van der Waals surface area contributed by atoms with Gasteiger partial charge in [0, 0.05) is 109 Å². The predicted molar refractivity (Wildman–Crippen MR) is 282 cm³/mol. The van der Waals surface area contributed by atoms with Crippen LogP contribution in [0.5, 0.6) is 17.2 Å². The Bertz CT molecular complexity index is 2850. The van der Waals surface area contributed by atoms with E-state index in [0.29, 0.717) is 70.0 Å². The van der Waals surface area contributed by atoms with E-state index in [2.05, 4.69) is 60.4 Å². The highest BCUT2D eigenvalue weighted by Crippen LogP contribution is 2.35. The van der Waals surface area contributed by atoms with Crippen LogP contribution in [0.25, 0.3) is 16.8 Å². The van der Waals surface area contributed by atoms with Crippen LogP contribution >= 0.6 is 0 Å². The van der Waals surface area contributed by atoms with Crippen LogP contribution < -0.4 is 10.1 Å². The third kappa shape index (κ3) is 12.7. The summed E-state index contributed by atoms with van der Waals surface area (Å²) in [4.78, 5) is 42.4. The third-order valence-corrected chi connectivity index (χ3v) is 15.0. The number of piperazine rings is 1. The minimum atomic E-state index is -0.227. The van der Waals surface area contributed by atoms with E-state index in [0.717, 1.165) is 137 Å². The SMILES string of the molecule is CC(C)c1cc(C(=O)N2Cc3ccc(CN4CCN(CC5CCN(C(=O)CCOCCOCCN6CCCn7cc(cn7)Nc7ncc8ccc(n8n7)-c7ccc(cc7)OCC6)CC5)CC4)cc3C2)c(O)cc1O. The summed E-state index contributed by atoms with van der Waals surface area (Å²) >= 11 is 0. The summed E-state index contributed by atoms with van der Waals surface area (Å²) in [7, 11) is 0. The van der Waals surface area contributed by atoms with Gasteiger partial charge in [-0.1, -0.05) is 32.0 Å². The van der Waals surface area contributed by atoms with Gasteiger partial charge in [0.1, 0.15) is 23.9 Å². The van der Waals surface area contributed by atoms with Gasteiger partial charge in [-0.3, -0.25) is 24.1 Å². The van der Waals surface area contributed by atoms with E-state index in [1.54, 1.807) is 17.2 Å². The molecule has 8 heterocycles. The van der Waals surface area contributed by atoms with Crippen LogP contribution in [0.2, 0.25) is 0 Å². The van der Waals surface area contributed by atoms with Crippen molar-refractivity contribution in [3.05, 3.63) is 113 Å². The van der Waals surface area contributed by atoms with Crippen molar-refractivity contribution in [1.82, 2.24) is 48.9 Å². The van der Waals surface area contributed by atoms with Crippen molar-refractivity contribution in [2.24, 2.45) is 5.92 Å². The number of aromatic nitrogens is 5. The van der Waals surface area contributed by atoms with Crippen LogP contribution in [0.15, 0.2) is 85.3 Å². The van der Waals surface area contributed by atoms with E-state index in [1.807, 2.05) is 64.6 Å². The minimum Gasteiger partial charge on any atom is -0.508 e. The third-order valence-electron chi connectivity index (χ3n) is 15.0. The second-order valence-corrected chi connectivity index (χ2v) is 20.5. The highest BCUT2D eigenvalue weighted by molar-refractivity contribution is 5.97. The number of ether oxygens (including phenoxy) is 3. The maximum Gasteiger partial charge on any atom is 0.258 e. The quantitative estimate of drug-likeness (QED) is 0.0939. The van der Waals surface area contributed by atoms with E-state index in [4.69, 9.17) is 19.3 Å². The highest BCUT2D eigenvalue weighted by atomic mass is 16.5. The highest BCUT2D eigenvalue weighted by Gasteiger charge is 2.29. The zero-order valence-corrected chi connectivity index (χ0v) is 42.9. The first-order chi connectivity index (χ1) is 36.1. The molecule has 5 aliphatic heterocycles. The van der Waals surface area contributed by atoms with E-state index >= 15 is 0 Å². The van der Waals surface area contributed by atoms with Crippen molar-refractivity contribution in [2.45, 2.75) is 71.6 Å². The second-order valence-electron chi connectivity index (χ2n) is 20.5. The normalized spacial score (nSPS) is 17.3. The topological polar surface area (TPSA) is 179 Å². The summed E-state index contributed by atoms with van der Waals surface area (Å²) in [5.41, 5.74) is 8.15. The number of aryl methyl sites for hydroxylation is 1. The smallest absolute Gasteiger partial charge is 0.258 e. The number of piperidine rings is 1. The molecule has 2 fully saturated rings. The van der Waals surface area contributed by atoms with Crippen molar-refractivity contribution < 1.29 is 34.0 Å². The molecule has 3 aromatic carbocycles. The number of fused-ring (bicyclic) bond motifs is 9. The molecule has 18 heteroatoms. The Labute approximate surface area is 433 Å². The van der Waals surface area contributed by atoms with Crippen LogP contribution in [0.4, 0.5) is 11.6 Å². The first-order valence-electron chi connectivity index (χ1n) is 26.5. The molecule has 3 aromatic heterocycles. The summed E-state index contributed by atoms with van der Waals surface area (Å²) in [6, 6.07) is 21.6. The lowest BCUT2D eigenvalue weighted by atomic mass is 9.95. The van der Waals surface area contributed by atoms with Gasteiger partial charge in [0.15, 0.2) is 0 Å². The molecule has 6 aromatic rings. The molecule has 2 saturated heterocycles. The minimum absolute atomic E-state index is 0.00697. The Kier molecular flexibility index (Phi) is 16.3. The Morgan fingerprint density at radius 3 is 2.36 bits per heavy atom. The van der Waals surface area contributed by atoms with Gasteiger partial charge in [-0.15, -0.1) is 5.10 Å². The van der Waals surface area contributed by atoms with Gasteiger partial charge in [-0.25, -0.2) is 9.50 Å². The maximum absolute atomic E-state index is 13.5. The number of phenolic OH excluding ortho intramolecular Hbond substituents is 2. The van der Waals surface area contributed by atoms with E-state index in [-0.39, 0.29) is 34.8 Å². The van der Waals surface area contributed by atoms with Gasteiger partial charge in [0.2, 0.25) is 11.9 Å². The van der Waals surface area contributed by atoms with Gasteiger partial charge >= 0.3 is 0 Å². The number of nitrogens with one attached hydrogen (secondary N) is 1. The van der Waals surface area contributed by atoms with Gasteiger partial charge in [0.05, 0.1) is 67.7 Å². The number of hydrogen-bond donors (Lipinski definition) is 3. The lowest BCUT2D eigenvalue weighted by Crippen LogP contribution is -2.48. The molecule has 6 bridgehead atoms. The maximum atomic E-state index is 13.5. The molecule has 0 unspecified atom stereocenters. The molecule has 2 amide bonds. The molecule has 3 N–H and O–H groups in total. The van der Waals surface area contributed by atoms with E-state index in [9.17, 15) is 19.8 Å². The van der Waals surface area contributed by atoms with Gasteiger partial charge in [-0.2, -0.15) is 5.10 Å². The molecule has 11 rings (SSSR count). The number of aromatic hydroxyl groups is 2. The van der Waals surface area contributed by atoms with Crippen molar-refractivity contribution in [1.29, 1.82) is 0 Å². The van der Waals surface area contributed by atoms with Crippen molar-refractivity contribution in [3.63, 3.8) is 0 Å². The Balaban J connectivity index is 0.586. The number of hydrogen-bond acceptors (Lipinski definition) is 14. The molecule has 0 radical (unpaired) electrons. The first kappa shape index (κ1) is 50.9. The zero-order chi connectivity index (χ0) is 51.0. The van der Waals surface area contributed by atoms with Crippen molar-refractivity contribution >= 4 is 29.0 Å². The fourth-order valence-corrected chi connectivity index (χ4v) is 10.7. The Morgan fingerprint density at radius 2 is 1.55 bits per heavy atom. The fourth-order valence-electron chi connectivity index (χ4n) is 10.7. The van der Waals surface area contributed by atoms with Crippen LogP contribution in [0, 0.1) is 5.92 Å². The van der Waals surface area contributed by atoms with Crippen molar-refractivity contribution in [2.75, 3.05) is 104 Å². The summed E-state index contributed by atoms with van der Waals surface area (Å²) in [5.74, 6) is 1.69. The molecule has 0 spiro atoms. The Morgan fingerprint density at radius 1 is 0.770 bits per heavy atom. The summed E-state index contributed by atoms with van der Waals surface area (Å²) in [6.07, 6.45) is 8.94. The lowest BCUT2D eigenvalue weighted by Gasteiger charge is -2.39. The lowest BCUT2D eigenvalue weighted by molar-refractivity contribution is -0.134. The zero-order valence-electron chi connectivity index (χ0n) is 42.9. The predicted octanol–water partition coefficient (Wildman–Crippen LogP) is 6.59. The monoisotopic (exact) mass is 1010 g/mol. The van der Waals surface area contributed by atoms with Gasteiger partial charge in [0.25, 0.3) is 5.91 Å². The molecule has 0 saturated carbocycles. The van der Waals surface area contributed by atoms with E-state index in [1.165, 1.54) is 11.6 Å². The number of likely N-dealkylation sites (tertiary alicyclic amines) is 1. The van der Waals surface area contributed by atoms with Crippen LogP contribution in [-0.4, -0.2) is 169 Å². The van der Waals surface area contributed by atoms with Crippen LogP contribution in [0.3, 0.4) is 0 Å². The Hall–Kier alpha value is -6.57. The number of nitrogens with zero attached hydrogens (tertiary/aromatic N) is 10. The average Bonchev–Trinajstić information content (AvgIpc) is 4.16. The largest absolute Gasteiger partial charge is 0.508 e. The number of amides is 2. The number of carbonyl (C=O) groups is 2. The molecule has 18 nitrogen and oxygen atoms in total. The van der Waals surface area contributed by atoms with Crippen LogP contribution in [-0.2, 0) is 40.4 Å². The molecule has 74 heavy (non-hydrogen) atoms. The van der Waals surface area contributed by atoms with Gasteiger partial charge in [-0.05, 0) is 95.8 Å². The molecule has 0 aliphatic carbocycles. The summed E-state index contributed by atoms with van der Waals surface area (Å²) in [5, 5.41) is 33.4. The second kappa shape index (κ2) is 23.7. The molecule has 0 atom stereocenters. The fraction of sp³-hybridized carbons (Fsp3) is 0.482. The summed E-state index contributed by atoms with van der Waals surface area (Å²) in [6.45, 7) is 18.1. The van der Waals surface area contributed by atoms with Gasteiger partial charge < -0.3 is 44.4 Å². The van der Waals surface area contributed by atoms with E-state index < -0.39 is 0 Å². The molecule has 5 aliphatic rings. The standard InChI is InChI=1S/C56H71N11O7/c1-40(2)49-31-50(53(69)32-52(49)68)55(71)65-37-44-5-4-42(30-45(44)38-65)36-63-21-19-62(20-22-63)35-41-12-17-64(18-13-41)54(70)14-25-72-28-29-73-26-23-61-15-3-16-66-39-46(33-58-66)59-56-57-34-47-8-11-51(67(47)60-56)43-6-9-48(10-7-43)74-27-24-61/h4-11,30-34,39-41,68-69H,3,12-29,35-38H2,1-2H3,(H,59,60). The molecular weight excluding hydrogens is 939 g/mol.